The van der Waals surface area contributed by atoms with Gasteiger partial charge in [-0.2, -0.15) is 0 Å². The van der Waals surface area contributed by atoms with E-state index in [0.717, 1.165) is 50.2 Å². The van der Waals surface area contributed by atoms with Crippen LogP contribution in [0.2, 0.25) is 30.4 Å². The van der Waals surface area contributed by atoms with E-state index in [1.807, 2.05) is 18.3 Å². The van der Waals surface area contributed by atoms with Gasteiger partial charge in [-0.1, -0.05) is 75.4 Å². The van der Waals surface area contributed by atoms with Crippen LogP contribution in [0.15, 0.2) is 134 Å². The van der Waals surface area contributed by atoms with E-state index in [2.05, 4.69) is 171 Å². The second-order valence-electron chi connectivity index (χ2n) is 17.7. The summed E-state index contributed by atoms with van der Waals surface area (Å²) >= 11 is -2.10. The molecule has 55 heavy (non-hydrogen) atoms. The number of benzene rings is 6. The van der Waals surface area contributed by atoms with Crippen LogP contribution >= 0.6 is 0 Å². The molecule has 0 fully saturated rings. The summed E-state index contributed by atoms with van der Waals surface area (Å²) in [7, 11) is -2.07. The van der Waals surface area contributed by atoms with Gasteiger partial charge in [0.2, 0.25) is 0 Å². The van der Waals surface area contributed by atoms with Gasteiger partial charge in [0.1, 0.15) is 5.75 Å². The topological polar surface area (TPSA) is 50.9 Å². The third-order valence-corrected chi connectivity index (χ3v) is 19.4. The minimum Gasteiger partial charge on any atom is -0.0622 e. The molecule has 9 rings (SSSR count). The van der Waals surface area contributed by atoms with Gasteiger partial charge in [-0.25, -0.2) is 0 Å². The van der Waals surface area contributed by atoms with Crippen LogP contribution in [0, 0.1) is 0 Å². The number of aromatic hydroxyl groups is 1. The Morgan fingerprint density at radius 1 is 0.655 bits per heavy atom. The molecule has 6 aromatic carbocycles. The third-order valence-electron chi connectivity index (χ3n) is 11.7. The van der Waals surface area contributed by atoms with E-state index < -0.39 is 21.3 Å². The van der Waals surface area contributed by atoms with Crippen LogP contribution in [-0.4, -0.2) is 41.0 Å². The number of rotatable bonds is 5. The minimum absolute atomic E-state index is 0.112. The number of fused-ring (bicyclic) bond motifs is 3. The molecule has 0 atom stereocenters. The fraction of sp³-hybridized carbons (Fsp3) is 0.184. The summed E-state index contributed by atoms with van der Waals surface area (Å²) in [5, 5.41) is 17.2. The van der Waals surface area contributed by atoms with E-state index in [1.54, 1.807) is 4.40 Å². The molecule has 8 aromatic rings. The Balaban J connectivity index is 1.31. The van der Waals surface area contributed by atoms with Crippen LogP contribution in [0.25, 0.3) is 72.4 Å². The summed E-state index contributed by atoms with van der Waals surface area (Å²) in [4.78, 5) is 10.6. The smallest absolute Gasteiger partial charge is 0.0622 e. The number of imidazole rings is 1. The molecule has 0 saturated carbocycles. The average molecular weight is 795 g/mol. The van der Waals surface area contributed by atoms with Crippen molar-refractivity contribution in [3.63, 3.8) is 0 Å². The van der Waals surface area contributed by atoms with E-state index in [0.29, 0.717) is 11.4 Å². The van der Waals surface area contributed by atoms with Gasteiger partial charge in [-0.3, -0.25) is 0 Å². The summed E-state index contributed by atoms with van der Waals surface area (Å²) in [6.07, 6.45) is 1.99. The Morgan fingerprint density at radius 3 is 2.16 bits per heavy atom. The van der Waals surface area contributed by atoms with Crippen molar-refractivity contribution in [2.24, 2.45) is 0 Å². The van der Waals surface area contributed by atoms with Crippen LogP contribution in [0.3, 0.4) is 0 Å². The van der Waals surface area contributed by atoms with Crippen molar-refractivity contribution in [1.82, 2.24) is 14.5 Å². The van der Waals surface area contributed by atoms with E-state index in [4.69, 9.17) is 9.97 Å². The van der Waals surface area contributed by atoms with Gasteiger partial charge >= 0.3 is 192 Å². The first kappa shape index (κ1) is 35.5. The van der Waals surface area contributed by atoms with Crippen molar-refractivity contribution in [2.75, 3.05) is 0 Å². The molecule has 6 heteroatoms. The van der Waals surface area contributed by atoms with Crippen LogP contribution in [0.4, 0.5) is 0 Å². The molecule has 0 radical (unpaired) electrons. The van der Waals surface area contributed by atoms with Gasteiger partial charge in [0, 0.05) is 5.56 Å². The first-order valence-electron chi connectivity index (χ1n) is 19.3. The number of pyridine rings is 1. The molecule has 4 nitrogen and oxygen atoms in total. The van der Waals surface area contributed by atoms with Gasteiger partial charge in [-0.15, -0.1) is 0 Å². The molecule has 272 valence electrons. The molecule has 0 amide bonds. The monoisotopic (exact) mass is 795 g/mol. The molecule has 0 unspecified atom stereocenters. The first-order valence-corrected chi connectivity index (χ1v) is 29.7. The second-order valence-corrected chi connectivity index (χ2v) is 32.7. The SMILES string of the molecule is CC(C)(C)c1ccc(O)c(-c2nc3c(-c4ccc5c(c4)-c4nccc6c[c]([Ge]([CH3])([CH3])[CH3])cc(c46)[Si]5(C)C)cccc3n2-c2ccccc2-c2ccccc2)c1. The molecule has 1 aliphatic rings. The zero-order chi connectivity index (χ0) is 38.4. The fourth-order valence-electron chi connectivity index (χ4n) is 8.51. The Morgan fingerprint density at radius 2 is 1.40 bits per heavy atom. The maximum absolute atomic E-state index is 11.6. The zero-order valence-corrected chi connectivity index (χ0v) is 36.1. The van der Waals surface area contributed by atoms with E-state index in [-0.39, 0.29) is 11.2 Å². The van der Waals surface area contributed by atoms with E-state index in [9.17, 15) is 5.11 Å². The molecule has 1 N–H and O–H groups in total. The number of hydrogen-bond acceptors (Lipinski definition) is 3. The van der Waals surface area contributed by atoms with E-state index in [1.165, 1.54) is 26.7 Å². The Hall–Kier alpha value is -5.24. The van der Waals surface area contributed by atoms with Gasteiger partial charge in [0.25, 0.3) is 0 Å². The molecular weight excluding hydrogens is 747 g/mol. The van der Waals surface area contributed by atoms with E-state index >= 15 is 0 Å². The number of para-hydroxylation sites is 2. The number of phenolic OH excluding ortho intramolecular Hbond substituents is 1. The van der Waals surface area contributed by atoms with Crippen molar-refractivity contribution in [1.29, 1.82) is 0 Å². The predicted molar refractivity (Wildman–Crippen MR) is 238 cm³/mol. The molecule has 0 bridgehead atoms. The first-order chi connectivity index (χ1) is 26.2. The molecule has 1 aliphatic heterocycles. The molecule has 3 heterocycles. The van der Waals surface area contributed by atoms with Crippen molar-refractivity contribution >= 4 is 57.9 Å². The molecule has 0 spiro atoms. The Labute approximate surface area is 327 Å². The van der Waals surface area contributed by atoms with Crippen LogP contribution in [0.1, 0.15) is 26.3 Å². The van der Waals surface area contributed by atoms with Crippen molar-refractivity contribution in [3.05, 3.63) is 139 Å². The summed E-state index contributed by atoms with van der Waals surface area (Å²) in [6.45, 7) is 11.6. The third kappa shape index (κ3) is 5.78. The second kappa shape index (κ2) is 12.7. The summed E-state index contributed by atoms with van der Waals surface area (Å²) in [6, 6.07) is 45.7. The molecule has 0 aliphatic carbocycles. The number of nitrogens with zero attached hydrogens (tertiary/aromatic N) is 3. The fourth-order valence-corrected chi connectivity index (χ4v) is 14.3. The minimum atomic E-state index is -2.10. The van der Waals surface area contributed by atoms with Crippen LogP contribution in [0.5, 0.6) is 5.75 Å². The summed E-state index contributed by atoms with van der Waals surface area (Å²) < 4.78 is 3.80. The molecular formula is C49H47GeN3OSi. The number of phenols is 1. The van der Waals surface area contributed by atoms with Crippen LogP contribution < -0.4 is 14.8 Å². The predicted octanol–water partition coefficient (Wildman–Crippen LogP) is 10.9. The van der Waals surface area contributed by atoms with Crippen molar-refractivity contribution < 1.29 is 5.11 Å². The van der Waals surface area contributed by atoms with Gasteiger partial charge in [0.05, 0.1) is 11.3 Å². The van der Waals surface area contributed by atoms with Gasteiger partial charge < -0.3 is 5.11 Å². The molecule has 0 saturated heterocycles. The average Bonchev–Trinajstić information content (AvgIpc) is 3.55. The number of aromatic nitrogens is 3. The summed E-state index contributed by atoms with van der Waals surface area (Å²) in [5.41, 5.74) is 11.3. The summed E-state index contributed by atoms with van der Waals surface area (Å²) in [5.74, 6) is 8.39. The van der Waals surface area contributed by atoms with Crippen LogP contribution in [-0.2, 0) is 5.41 Å². The van der Waals surface area contributed by atoms with Gasteiger partial charge in [0.15, 0.2) is 0 Å². The Kier molecular flexibility index (Phi) is 8.16. The maximum atomic E-state index is 11.6. The zero-order valence-electron chi connectivity index (χ0n) is 33.0. The molecule has 2 aromatic heterocycles. The van der Waals surface area contributed by atoms with Crippen molar-refractivity contribution in [3.8, 4) is 56.3 Å². The number of hydrogen-bond donors (Lipinski definition) is 1. The normalized spacial score (nSPS) is 13.7. The van der Waals surface area contributed by atoms with Crippen molar-refractivity contribution in [2.45, 2.75) is 56.5 Å². The Bertz CT molecular complexity index is 2820. The van der Waals surface area contributed by atoms with Gasteiger partial charge in [-0.05, 0) is 34.7 Å². The quantitative estimate of drug-likeness (QED) is 0.177. The standard InChI is InChI=1S/C49H47GeN3OSi/c1-49(2,3)34-22-23-42(54)38(29-34)48-52-46-37(18-14-20-41(46)53(48)40-19-13-12-17-36(40)31-15-10-9-11-16-31)32-21-24-43-39(28-32)47-45-33(25-26-51-47)27-35(50(4,5)6)30-44(45)55(43,7)8/h9-30,54H,1-8H3.